The molecule has 3 rings (SSSR count). The van der Waals surface area contributed by atoms with E-state index in [9.17, 15) is 0 Å². The Labute approximate surface area is 116 Å². The molecule has 1 atom stereocenters. The Balaban J connectivity index is 1.88. The van der Waals surface area contributed by atoms with E-state index in [2.05, 4.69) is 29.1 Å². The molecule has 1 unspecified atom stereocenters. The third-order valence-corrected chi connectivity index (χ3v) is 5.34. The summed E-state index contributed by atoms with van der Waals surface area (Å²) < 4.78 is 0. The zero-order valence-corrected chi connectivity index (χ0v) is 12.2. The normalized spacial score (nSPS) is 18.8. The molecule has 2 nitrogen and oxygen atoms in total. The average Bonchev–Trinajstić information content (AvgIpc) is 3.03. The Bertz CT molecular complexity index is 502. The van der Waals surface area contributed by atoms with E-state index in [0.717, 1.165) is 13.1 Å². The van der Waals surface area contributed by atoms with Gasteiger partial charge in [-0.05, 0) is 37.3 Å². The number of thiazole rings is 1. The van der Waals surface area contributed by atoms with Crippen LogP contribution in [0.3, 0.4) is 0 Å². The van der Waals surface area contributed by atoms with Crippen molar-refractivity contribution in [1.29, 1.82) is 0 Å². The van der Waals surface area contributed by atoms with Gasteiger partial charge in [-0.25, -0.2) is 4.98 Å². The predicted octanol–water partition coefficient (Wildman–Crippen LogP) is 3.90. The van der Waals surface area contributed by atoms with Gasteiger partial charge in [-0.15, -0.1) is 11.3 Å². The molecule has 0 aromatic carbocycles. The van der Waals surface area contributed by atoms with Crippen LogP contribution in [0.5, 0.6) is 0 Å². The first kappa shape index (κ1) is 12.3. The fourth-order valence-electron chi connectivity index (χ4n) is 2.53. The molecule has 0 aliphatic heterocycles. The van der Waals surface area contributed by atoms with Crippen molar-refractivity contribution in [3.8, 4) is 10.6 Å². The van der Waals surface area contributed by atoms with E-state index < -0.39 is 0 Å². The molecule has 1 N–H and O–H groups in total. The molecule has 2 heterocycles. The smallest absolute Gasteiger partial charge is 0.124 e. The van der Waals surface area contributed by atoms with Gasteiger partial charge < -0.3 is 5.32 Å². The van der Waals surface area contributed by atoms with Crippen LogP contribution in [-0.4, -0.2) is 18.1 Å². The Morgan fingerprint density at radius 2 is 2.44 bits per heavy atom. The summed E-state index contributed by atoms with van der Waals surface area (Å²) >= 11 is 3.65. The molecular weight excluding hydrogens is 260 g/mol. The second kappa shape index (κ2) is 5.51. The number of hydrogen-bond donors (Lipinski definition) is 1. The first-order valence-electron chi connectivity index (χ1n) is 6.61. The second-order valence-corrected chi connectivity index (χ2v) is 6.60. The van der Waals surface area contributed by atoms with Crippen LogP contribution in [0, 0.1) is 0 Å². The fourth-order valence-corrected chi connectivity index (χ4v) is 4.43. The summed E-state index contributed by atoms with van der Waals surface area (Å²) in [5.41, 5.74) is 2.66. The largest absolute Gasteiger partial charge is 0.316 e. The zero-order valence-electron chi connectivity index (χ0n) is 10.6. The maximum absolute atomic E-state index is 4.91. The zero-order chi connectivity index (χ0) is 12.4. The highest BCUT2D eigenvalue weighted by Gasteiger charge is 2.24. The Hall–Kier alpha value is -0.710. The minimum absolute atomic E-state index is 0.623. The highest BCUT2D eigenvalue weighted by molar-refractivity contribution is 7.15. The summed E-state index contributed by atoms with van der Waals surface area (Å²) in [5.74, 6) is 0.623. The Morgan fingerprint density at radius 1 is 1.50 bits per heavy atom. The van der Waals surface area contributed by atoms with E-state index in [1.807, 2.05) is 11.3 Å². The number of fused-ring (bicyclic) bond motifs is 1. The van der Waals surface area contributed by atoms with Crippen LogP contribution >= 0.6 is 22.7 Å². The minimum Gasteiger partial charge on any atom is -0.316 e. The molecule has 0 radical (unpaired) electrons. The van der Waals surface area contributed by atoms with Crippen molar-refractivity contribution in [1.82, 2.24) is 10.3 Å². The van der Waals surface area contributed by atoms with E-state index >= 15 is 0 Å². The summed E-state index contributed by atoms with van der Waals surface area (Å²) in [6.45, 7) is 4.30. The van der Waals surface area contributed by atoms with E-state index in [4.69, 9.17) is 4.98 Å². The molecule has 2 aromatic rings. The van der Waals surface area contributed by atoms with Gasteiger partial charge in [0.15, 0.2) is 0 Å². The lowest BCUT2D eigenvalue weighted by atomic mass is 9.91. The van der Waals surface area contributed by atoms with Gasteiger partial charge >= 0.3 is 0 Å². The first-order chi connectivity index (χ1) is 8.88. The van der Waals surface area contributed by atoms with Gasteiger partial charge in [0, 0.05) is 28.3 Å². The van der Waals surface area contributed by atoms with Gasteiger partial charge in [0.2, 0.25) is 0 Å². The number of hydrogen-bond acceptors (Lipinski definition) is 4. The van der Waals surface area contributed by atoms with E-state index in [1.54, 1.807) is 11.3 Å². The van der Waals surface area contributed by atoms with Crippen LogP contribution in [0.2, 0.25) is 0 Å². The minimum atomic E-state index is 0.623. The average molecular weight is 278 g/mol. The number of nitrogens with one attached hydrogen (secondary N) is 1. The molecular formula is C14H18N2S2. The molecule has 1 aliphatic carbocycles. The molecule has 1 aliphatic rings. The van der Waals surface area contributed by atoms with Gasteiger partial charge in [0.05, 0.1) is 5.69 Å². The molecule has 0 spiro atoms. The van der Waals surface area contributed by atoms with Crippen LogP contribution in [0.15, 0.2) is 16.8 Å². The monoisotopic (exact) mass is 278 g/mol. The molecule has 0 saturated heterocycles. The SMILES string of the molecule is CCNCC1CCCc2sc(-c3ccsc3)nc21. The summed E-state index contributed by atoms with van der Waals surface area (Å²) in [4.78, 5) is 6.43. The van der Waals surface area contributed by atoms with Crippen LogP contribution < -0.4 is 5.32 Å². The molecule has 4 heteroatoms. The number of thiophene rings is 1. The van der Waals surface area contributed by atoms with Crippen molar-refractivity contribution < 1.29 is 0 Å². The predicted molar refractivity (Wildman–Crippen MR) is 79.6 cm³/mol. The van der Waals surface area contributed by atoms with Crippen molar-refractivity contribution in [3.05, 3.63) is 27.4 Å². The van der Waals surface area contributed by atoms with Crippen molar-refractivity contribution in [2.24, 2.45) is 0 Å². The van der Waals surface area contributed by atoms with E-state index in [1.165, 1.54) is 40.4 Å². The van der Waals surface area contributed by atoms with Crippen LogP contribution in [0.25, 0.3) is 10.6 Å². The van der Waals surface area contributed by atoms with Crippen molar-refractivity contribution >= 4 is 22.7 Å². The summed E-state index contributed by atoms with van der Waals surface area (Å²) in [6.07, 6.45) is 3.82. The van der Waals surface area contributed by atoms with E-state index in [0.29, 0.717) is 5.92 Å². The maximum Gasteiger partial charge on any atom is 0.124 e. The van der Waals surface area contributed by atoms with Crippen molar-refractivity contribution in [2.75, 3.05) is 13.1 Å². The summed E-state index contributed by atoms with van der Waals surface area (Å²) in [6, 6.07) is 2.17. The lowest BCUT2D eigenvalue weighted by Crippen LogP contribution is -2.23. The maximum atomic E-state index is 4.91. The van der Waals surface area contributed by atoms with Crippen molar-refractivity contribution in [3.63, 3.8) is 0 Å². The van der Waals surface area contributed by atoms with Crippen LogP contribution in [-0.2, 0) is 6.42 Å². The molecule has 18 heavy (non-hydrogen) atoms. The highest BCUT2D eigenvalue weighted by Crippen LogP contribution is 2.38. The molecule has 0 amide bonds. The number of aryl methyl sites for hydroxylation is 1. The lowest BCUT2D eigenvalue weighted by Gasteiger charge is -2.21. The fraction of sp³-hybridized carbons (Fsp3) is 0.500. The third-order valence-electron chi connectivity index (χ3n) is 3.48. The molecule has 2 aromatic heterocycles. The highest BCUT2D eigenvalue weighted by atomic mass is 32.1. The van der Waals surface area contributed by atoms with Gasteiger partial charge in [-0.2, -0.15) is 11.3 Å². The van der Waals surface area contributed by atoms with Crippen LogP contribution in [0.1, 0.15) is 36.3 Å². The van der Waals surface area contributed by atoms with Crippen LogP contribution in [0.4, 0.5) is 0 Å². The quantitative estimate of drug-likeness (QED) is 0.917. The van der Waals surface area contributed by atoms with Gasteiger partial charge in [0.25, 0.3) is 0 Å². The lowest BCUT2D eigenvalue weighted by molar-refractivity contribution is 0.509. The first-order valence-corrected chi connectivity index (χ1v) is 8.37. The summed E-state index contributed by atoms with van der Waals surface area (Å²) in [7, 11) is 0. The second-order valence-electron chi connectivity index (χ2n) is 4.74. The van der Waals surface area contributed by atoms with Gasteiger partial charge in [-0.3, -0.25) is 0 Å². The van der Waals surface area contributed by atoms with E-state index in [-0.39, 0.29) is 0 Å². The summed E-state index contributed by atoms with van der Waals surface area (Å²) in [5, 5.41) is 9.01. The Morgan fingerprint density at radius 3 is 3.22 bits per heavy atom. The topological polar surface area (TPSA) is 24.9 Å². The molecule has 96 valence electrons. The molecule has 0 saturated carbocycles. The van der Waals surface area contributed by atoms with Crippen molar-refractivity contribution in [2.45, 2.75) is 32.1 Å². The number of aromatic nitrogens is 1. The third kappa shape index (κ3) is 2.37. The number of nitrogens with zero attached hydrogens (tertiary/aromatic N) is 1. The Kier molecular flexibility index (Phi) is 3.77. The number of likely N-dealkylation sites (N-methyl/N-ethyl adjacent to an activating group) is 1. The molecule has 0 bridgehead atoms. The number of rotatable bonds is 4. The molecule has 0 fully saturated rings. The van der Waals surface area contributed by atoms with Gasteiger partial charge in [0.1, 0.15) is 5.01 Å². The van der Waals surface area contributed by atoms with Gasteiger partial charge in [-0.1, -0.05) is 6.92 Å². The standard InChI is InChI=1S/C14H18N2S2/c1-2-15-8-10-4-3-5-12-13(10)16-14(18-12)11-6-7-17-9-11/h6-7,9-10,15H,2-5,8H2,1H3.